The second-order valence-electron chi connectivity index (χ2n) is 11.1. The summed E-state index contributed by atoms with van der Waals surface area (Å²) in [6.45, 7) is 15.6. The first kappa shape index (κ1) is 19.9. The van der Waals surface area contributed by atoms with E-state index in [0.29, 0.717) is 23.3 Å². The molecule has 27 heavy (non-hydrogen) atoms. The van der Waals surface area contributed by atoms with Crippen molar-refractivity contribution in [2.45, 2.75) is 104 Å². The monoisotopic (exact) mass is 375 g/mol. The maximum Gasteiger partial charge on any atom is 0.163 e. The molecule has 1 aliphatic heterocycles. The third-order valence-corrected chi connectivity index (χ3v) is 8.77. The van der Waals surface area contributed by atoms with Crippen molar-refractivity contribution < 1.29 is 9.47 Å². The molecule has 2 N–H and O–H groups in total. The van der Waals surface area contributed by atoms with Crippen LogP contribution in [0.2, 0.25) is 0 Å². The minimum atomic E-state index is -0.466. The number of hydrogen-bond acceptors (Lipinski definition) is 3. The molecule has 3 saturated carbocycles. The van der Waals surface area contributed by atoms with E-state index in [1.807, 2.05) is 0 Å². The van der Waals surface area contributed by atoms with Gasteiger partial charge in [0.05, 0.1) is 12.2 Å². The molecule has 0 aromatic heterocycles. The molecule has 4 aliphatic rings. The van der Waals surface area contributed by atoms with Crippen molar-refractivity contribution in [3.63, 3.8) is 0 Å². The van der Waals surface area contributed by atoms with Crippen LogP contribution in [0.4, 0.5) is 0 Å². The zero-order valence-electron chi connectivity index (χ0n) is 18.2. The minimum absolute atomic E-state index is 0.218. The summed E-state index contributed by atoms with van der Waals surface area (Å²) in [7, 11) is 0. The van der Waals surface area contributed by atoms with Gasteiger partial charge in [-0.15, -0.1) is 6.58 Å². The van der Waals surface area contributed by atoms with Crippen LogP contribution >= 0.6 is 0 Å². The van der Waals surface area contributed by atoms with E-state index < -0.39 is 5.79 Å². The topological polar surface area (TPSA) is 44.5 Å². The fourth-order valence-corrected chi connectivity index (χ4v) is 7.45. The van der Waals surface area contributed by atoms with Gasteiger partial charge in [-0.1, -0.05) is 25.8 Å². The van der Waals surface area contributed by atoms with Gasteiger partial charge in [-0.05, 0) is 94.3 Å². The second-order valence-corrected chi connectivity index (χ2v) is 11.1. The van der Waals surface area contributed by atoms with Gasteiger partial charge in [0.1, 0.15) is 0 Å². The van der Waals surface area contributed by atoms with E-state index in [-0.39, 0.29) is 12.2 Å². The van der Waals surface area contributed by atoms with Crippen LogP contribution in [0.1, 0.15) is 79.6 Å². The lowest BCUT2D eigenvalue weighted by Gasteiger charge is -2.62. The molecule has 4 unspecified atom stereocenters. The molecule has 1 saturated heterocycles. The predicted octanol–water partition coefficient (Wildman–Crippen LogP) is 5.29. The molecule has 3 aliphatic carbocycles. The molecule has 1 heterocycles. The van der Waals surface area contributed by atoms with E-state index in [0.717, 1.165) is 30.6 Å². The first-order valence-electron chi connectivity index (χ1n) is 11.4. The average molecular weight is 376 g/mol. The molecule has 0 aromatic carbocycles. The van der Waals surface area contributed by atoms with Crippen LogP contribution < -0.4 is 5.73 Å². The maximum atomic E-state index is 6.65. The number of fused-ring (bicyclic) bond motifs is 6. The fourth-order valence-electron chi connectivity index (χ4n) is 7.45. The van der Waals surface area contributed by atoms with Gasteiger partial charge in [0.15, 0.2) is 5.79 Å². The summed E-state index contributed by atoms with van der Waals surface area (Å²) in [5, 5.41) is 0. The van der Waals surface area contributed by atoms with Gasteiger partial charge < -0.3 is 15.2 Å². The van der Waals surface area contributed by atoms with Gasteiger partial charge in [-0.2, -0.15) is 0 Å². The highest BCUT2D eigenvalue weighted by atomic mass is 16.8. The lowest BCUT2D eigenvalue weighted by atomic mass is 9.45. The predicted molar refractivity (Wildman–Crippen MR) is 110 cm³/mol. The number of nitrogens with two attached hydrogens (primary N) is 1. The summed E-state index contributed by atoms with van der Waals surface area (Å²) in [6.07, 6.45) is 9.10. The summed E-state index contributed by atoms with van der Waals surface area (Å²) in [4.78, 5) is 0. The largest absolute Gasteiger partial charge is 0.344 e. The van der Waals surface area contributed by atoms with E-state index >= 15 is 0 Å². The van der Waals surface area contributed by atoms with E-state index in [4.69, 9.17) is 15.2 Å². The van der Waals surface area contributed by atoms with Gasteiger partial charge in [0.2, 0.25) is 0 Å². The van der Waals surface area contributed by atoms with Crippen molar-refractivity contribution in [2.24, 2.45) is 40.7 Å². The van der Waals surface area contributed by atoms with Crippen LogP contribution in [0.5, 0.6) is 0 Å². The Hall–Kier alpha value is -0.380. The smallest absolute Gasteiger partial charge is 0.163 e. The molecular weight excluding hydrogens is 334 g/mol. The zero-order valence-corrected chi connectivity index (χ0v) is 18.2. The Morgan fingerprint density at radius 2 is 1.78 bits per heavy atom. The summed E-state index contributed by atoms with van der Waals surface area (Å²) in [5.41, 5.74) is 8.11. The molecule has 0 spiro atoms. The molecule has 4 rings (SSSR count). The summed E-state index contributed by atoms with van der Waals surface area (Å²) >= 11 is 0. The normalized spacial score (nSPS) is 51.2. The Labute approximate surface area is 166 Å². The van der Waals surface area contributed by atoms with Crippen molar-refractivity contribution in [1.82, 2.24) is 0 Å². The zero-order chi connectivity index (χ0) is 19.6. The standard InChI is InChI=1S/C24H41NO2/c1-14(2)7-9-17-15(3)8-10-18-20(17)22-21(26-23(4,5)27-22)19-13-16(25)11-12-24(18,19)6/h15-22H,1,7-13,25H2,2-6H3/t15-,16-,17?,18?,19?,20?,21-,22-,24-/m1/s1. The molecule has 3 nitrogen and oxygen atoms in total. The molecule has 154 valence electrons. The number of rotatable bonds is 3. The minimum Gasteiger partial charge on any atom is -0.344 e. The van der Waals surface area contributed by atoms with Gasteiger partial charge in [-0.25, -0.2) is 0 Å². The van der Waals surface area contributed by atoms with Crippen LogP contribution in [-0.4, -0.2) is 24.0 Å². The highest BCUT2D eigenvalue weighted by molar-refractivity contribution is 5.12. The van der Waals surface area contributed by atoms with E-state index in [2.05, 4.69) is 41.2 Å². The first-order chi connectivity index (χ1) is 12.6. The summed E-state index contributed by atoms with van der Waals surface area (Å²) < 4.78 is 13.2. The van der Waals surface area contributed by atoms with Gasteiger partial charge >= 0.3 is 0 Å². The third kappa shape index (κ3) is 3.32. The van der Waals surface area contributed by atoms with Crippen LogP contribution in [0, 0.1) is 35.0 Å². The second kappa shape index (κ2) is 6.85. The van der Waals surface area contributed by atoms with Gasteiger partial charge in [0.25, 0.3) is 0 Å². The highest BCUT2D eigenvalue weighted by Gasteiger charge is 2.65. The molecule has 3 heteroatoms. The van der Waals surface area contributed by atoms with Crippen LogP contribution in [0.3, 0.4) is 0 Å². The number of ether oxygens (including phenoxy) is 2. The van der Waals surface area contributed by atoms with Crippen LogP contribution in [-0.2, 0) is 9.47 Å². The molecule has 9 atom stereocenters. The third-order valence-electron chi connectivity index (χ3n) is 8.77. The molecule has 4 fully saturated rings. The molecule has 0 aromatic rings. The Morgan fingerprint density at radius 1 is 1.07 bits per heavy atom. The van der Waals surface area contributed by atoms with Crippen LogP contribution in [0.15, 0.2) is 12.2 Å². The molecule has 0 radical (unpaired) electrons. The lowest BCUT2D eigenvalue weighted by molar-refractivity contribution is -0.167. The van der Waals surface area contributed by atoms with Crippen molar-refractivity contribution in [2.75, 3.05) is 0 Å². The van der Waals surface area contributed by atoms with Crippen molar-refractivity contribution >= 4 is 0 Å². The molecule has 0 amide bonds. The number of hydrogen-bond donors (Lipinski definition) is 1. The van der Waals surface area contributed by atoms with Crippen LogP contribution in [0.25, 0.3) is 0 Å². The molecular formula is C24H41NO2. The average Bonchev–Trinajstić information content (AvgIpc) is 2.90. The summed E-state index contributed by atoms with van der Waals surface area (Å²) in [6, 6.07) is 0.328. The van der Waals surface area contributed by atoms with Crippen molar-refractivity contribution in [1.29, 1.82) is 0 Å². The summed E-state index contributed by atoms with van der Waals surface area (Å²) in [5.74, 6) is 2.94. The van der Waals surface area contributed by atoms with E-state index in [1.165, 1.54) is 37.7 Å². The van der Waals surface area contributed by atoms with Gasteiger partial charge in [0, 0.05) is 6.04 Å². The van der Waals surface area contributed by atoms with Crippen molar-refractivity contribution in [3.05, 3.63) is 12.2 Å². The lowest BCUT2D eigenvalue weighted by Crippen LogP contribution is -2.62. The fraction of sp³-hybridized carbons (Fsp3) is 0.917. The Bertz CT molecular complexity index is 587. The highest BCUT2D eigenvalue weighted by Crippen LogP contribution is 2.64. The molecule has 0 bridgehead atoms. The Morgan fingerprint density at radius 3 is 2.48 bits per heavy atom. The Kier molecular flexibility index (Phi) is 5.05. The van der Waals surface area contributed by atoms with E-state index in [1.54, 1.807) is 0 Å². The Balaban J connectivity index is 1.71. The SMILES string of the molecule is C=C(C)CCC1C2C(CC[C@H]1C)[C@@]1(C)CC[C@@H](N)CC1[C@H]1OC(C)(C)O[C@H]21. The van der Waals surface area contributed by atoms with E-state index in [9.17, 15) is 0 Å². The number of allylic oxidation sites excluding steroid dienone is 1. The first-order valence-corrected chi connectivity index (χ1v) is 11.4. The maximum absolute atomic E-state index is 6.65. The quantitative estimate of drug-likeness (QED) is 0.682. The van der Waals surface area contributed by atoms with Crippen molar-refractivity contribution in [3.8, 4) is 0 Å². The van der Waals surface area contributed by atoms with Gasteiger partial charge in [-0.3, -0.25) is 0 Å².